The van der Waals surface area contributed by atoms with E-state index in [9.17, 15) is 4.79 Å². The average molecular weight is 267 g/mol. The monoisotopic (exact) mass is 267 g/mol. The number of aromatic nitrogens is 3. The molecular weight excluding hydrogens is 242 g/mol. The summed E-state index contributed by atoms with van der Waals surface area (Å²) >= 11 is 0. The number of carbonyl (C=O) groups is 1. The molecule has 6 heteroatoms. The first-order chi connectivity index (χ1) is 8.99. The van der Waals surface area contributed by atoms with Gasteiger partial charge in [-0.2, -0.15) is 0 Å². The number of rotatable bonds is 8. The Morgan fingerprint density at radius 1 is 1.47 bits per heavy atom. The number of nitrogens with zero attached hydrogens (tertiary/aromatic N) is 4. The highest BCUT2D eigenvalue weighted by Gasteiger charge is 2.05. The number of aryl methyl sites for hydroxylation is 1. The maximum absolute atomic E-state index is 11.4. The molecule has 0 aliphatic rings. The lowest BCUT2D eigenvalue weighted by Crippen LogP contribution is -2.21. The third kappa shape index (κ3) is 6.33. The largest absolute Gasteiger partial charge is 0.349 e. The Labute approximate surface area is 115 Å². The van der Waals surface area contributed by atoms with Crippen molar-refractivity contribution in [3.05, 3.63) is 11.9 Å². The van der Waals surface area contributed by atoms with Crippen LogP contribution in [-0.4, -0.2) is 46.4 Å². The molecule has 1 aromatic rings. The summed E-state index contributed by atoms with van der Waals surface area (Å²) < 4.78 is 1.80. The van der Waals surface area contributed by atoms with Crippen LogP contribution in [0, 0.1) is 5.92 Å². The van der Waals surface area contributed by atoms with Gasteiger partial charge >= 0.3 is 0 Å². The highest BCUT2D eigenvalue weighted by Crippen LogP contribution is 1.99. The molecule has 0 saturated carbocycles. The summed E-state index contributed by atoms with van der Waals surface area (Å²) in [5, 5.41) is 11.5. The van der Waals surface area contributed by atoms with Crippen LogP contribution in [-0.2, 0) is 17.9 Å². The molecule has 108 valence electrons. The maximum Gasteiger partial charge on any atom is 0.222 e. The summed E-state index contributed by atoms with van der Waals surface area (Å²) in [5.41, 5.74) is 0.944. The molecule has 1 amide bonds. The van der Waals surface area contributed by atoms with Crippen LogP contribution in [0.3, 0.4) is 0 Å². The van der Waals surface area contributed by atoms with Crippen LogP contribution in [0.1, 0.15) is 32.4 Å². The Balaban J connectivity index is 2.25. The molecule has 0 atom stereocenters. The zero-order valence-electron chi connectivity index (χ0n) is 12.4. The van der Waals surface area contributed by atoms with E-state index in [2.05, 4.69) is 29.5 Å². The number of carbonyl (C=O) groups excluding carboxylic acids is 1. The highest BCUT2D eigenvalue weighted by molar-refractivity contribution is 5.75. The standard InChI is InChI=1S/C13H25N5O/c1-11(2)8-14-9-12-10-18(16-15-12)7-5-6-13(19)17(3)4/h10-11,14H,5-9H2,1-4H3. The smallest absolute Gasteiger partial charge is 0.222 e. The quantitative estimate of drug-likeness (QED) is 0.760. The van der Waals surface area contributed by atoms with Crippen molar-refractivity contribution in [3.8, 4) is 0 Å². The van der Waals surface area contributed by atoms with Gasteiger partial charge in [0.25, 0.3) is 0 Å². The van der Waals surface area contributed by atoms with Gasteiger partial charge in [-0.15, -0.1) is 5.10 Å². The van der Waals surface area contributed by atoms with Gasteiger partial charge in [0.1, 0.15) is 0 Å². The van der Waals surface area contributed by atoms with Crippen LogP contribution >= 0.6 is 0 Å². The van der Waals surface area contributed by atoms with Gasteiger partial charge in [0.05, 0.1) is 5.69 Å². The topological polar surface area (TPSA) is 63.1 Å². The summed E-state index contributed by atoms with van der Waals surface area (Å²) in [7, 11) is 3.55. The molecule has 1 heterocycles. The SMILES string of the molecule is CC(C)CNCc1cn(CCCC(=O)N(C)C)nn1. The summed E-state index contributed by atoms with van der Waals surface area (Å²) in [6.45, 7) is 6.80. The van der Waals surface area contributed by atoms with E-state index in [0.717, 1.165) is 31.7 Å². The third-order valence-electron chi connectivity index (χ3n) is 2.72. The molecule has 0 aromatic carbocycles. The van der Waals surface area contributed by atoms with Crippen molar-refractivity contribution >= 4 is 5.91 Å². The van der Waals surface area contributed by atoms with E-state index in [1.165, 1.54) is 0 Å². The van der Waals surface area contributed by atoms with E-state index in [1.54, 1.807) is 23.7 Å². The number of amides is 1. The van der Waals surface area contributed by atoms with E-state index in [1.807, 2.05) is 6.20 Å². The number of nitrogens with one attached hydrogen (secondary N) is 1. The minimum atomic E-state index is 0.152. The molecule has 0 aliphatic carbocycles. The number of hydrogen-bond donors (Lipinski definition) is 1. The fourth-order valence-electron chi connectivity index (χ4n) is 1.63. The Kier molecular flexibility index (Phi) is 6.49. The van der Waals surface area contributed by atoms with E-state index in [-0.39, 0.29) is 5.91 Å². The fraction of sp³-hybridized carbons (Fsp3) is 0.769. The van der Waals surface area contributed by atoms with E-state index < -0.39 is 0 Å². The zero-order valence-corrected chi connectivity index (χ0v) is 12.4. The van der Waals surface area contributed by atoms with Gasteiger partial charge in [0.2, 0.25) is 5.91 Å². The first kappa shape index (κ1) is 15.6. The molecule has 0 spiro atoms. The van der Waals surface area contributed by atoms with E-state index >= 15 is 0 Å². The Hall–Kier alpha value is -1.43. The summed E-state index contributed by atoms with van der Waals surface area (Å²) in [4.78, 5) is 13.0. The molecule has 19 heavy (non-hydrogen) atoms. The van der Waals surface area contributed by atoms with Crippen molar-refractivity contribution < 1.29 is 4.79 Å². The first-order valence-electron chi connectivity index (χ1n) is 6.79. The molecule has 0 radical (unpaired) electrons. The molecule has 0 aliphatic heterocycles. The van der Waals surface area contributed by atoms with Crippen molar-refractivity contribution in [2.75, 3.05) is 20.6 Å². The second-order valence-corrected chi connectivity index (χ2v) is 5.39. The Morgan fingerprint density at radius 3 is 2.84 bits per heavy atom. The van der Waals surface area contributed by atoms with Crippen LogP contribution in [0.15, 0.2) is 6.20 Å². The lowest BCUT2D eigenvalue weighted by atomic mass is 10.2. The Bertz CT molecular complexity index is 386. The second kappa shape index (κ2) is 7.89. The predicted molar refractivity (Wildman–Crippen MR) is 74.5 cm³/mol. The van der Waals surface area contributed by atoms with Crippen molar-refractivity contribution in [1.29, 1.82) is 0 Å². The van der Waals surface area contributed by atoms with Crippen molar-refractivity contribution in [2.45, 2.75) is 39.8 Å². The normalized spacial score (nSPS) is 11.0. The maximum atomic E-state index is 11.4. The van der Waals surface area contributed by atoms with Gasteiger partial charge in [-0.25, -0.2) is 0 Å². The lowest BCUT2D eigenvalue weighted by molar-refractivity contribution is -0.128. The summed E-state index contributed by atoms with van der Waals surface area (Å²) in [6, 6.07) is 0. The number of hydrogen-bond acceptors (Lipinski definition) is 4. The lowest BCUT2D eigenvalue weighted by Gasteiger charge is -2.09. The molecular formula is C13H25N5O. The van der Waals surface area contributed by atoms with Crippen molar-refractivity contribution in [1.82, 2.24) is 25.2 Å². The Morgan fingerprint density at radius 2 is 2.21 bits per heavy atom. The molecule has 0 bridgehead atoms. The van der Waals surface area contributed by atoms with Crippen LogP contribution < -0.4 is 5.32 Å². The van der Waals surface area contributed by atoms with Gasteiger partial charge in [0.15, 0.2) is 0 Å². The van der Waals surface area contributed by atoms with Gasteiger partial charge in [0, 0.05) is 39.8 Å². The van der Waals surface area contributed by atoms with Crippen molar-refractivity contribution in [3.63, 3.8) is 0 Å². The molecule has 0 unspecified atom stereocenters. The average Bonchev–Trinajstić information content (AvgIpc) is 2.76. The third-order valence-corrected chi connectivity index (χ3v) is 2.72. The van der Waals surface area contributed by atoms with Gasteiger partial charge in [-0.05, 0) is 18.9 Å². The van der Waals surface area contributed by atoms with Gasteiger partial charge < -0.3 is 10.2 Å². The van der Waals surface area contributed by atoms with Gasteiger partial charge in [-0.3, -0.25) is 9.48 Å². The molecule has 0 fully saturated rings. The van der Waals surface area contributed by atoms with Crippen LogP contribution in [0.2, 0.25) is 0 Å². The van der Waals surface area contributed by atoms with Crippen molar-refractivity contribution in [2.24, 2.45) is 5.92 Å². The molecule has 6 nitrogen and oxygen atoms in total. The van der Waals surface area contributed by atoms with E-state index in [0.29, 0.717) is 12.3 Å². The summed E-state index contributed by atoms with van der Waals surface area (Å²) in [5.74, 6) is 0.783. The molecule has 1 aromatic heterocycles. The highest BCUT2D eigenvalue weighted by atomic mass is 16.2. The van der Waals surface area contributed by atoms with Gasteiger partial charge in [-0.1, -0.05) is 19.1 Å². The summed E-state index contributed by atoms with van der Waals surface area (Å²) in [6.07, 6.45) is 3.28. The van der Waals surface area contributed by atoms with Crippen LogP contribution in [0.4, 0.5) is 0 Å². The fourth-order valence-corrected chi connectivity index (χ4v) is 1.63. The first-order valence-corrected chi connectivity index (χ1v) is 6.79. The molecule has 0 saturated heterocycles. The molecule has 1 rings (SSSR count). The predicted octanol–water partition coefficient (Wildman–Crippen LogP) is 0.892. The molecule has 1 N–H and O–H groups in total. The van der Waals surface area contributed by atoms with E-state index in [4.69, 9.17) is 0 Å². The van der Waals surface area contributed by atoms with Crippen LogP contribution in [0.5, 0.6) is 0 Å². The minimum Gasteiger partial charge on any atom is -0.349 e. The second-order valence-electron chi connectivity index (χ2n) is 5.39. The van der Waals surface area contributed by atoms with Crippen LogP contribution in [0.25, 0.3) is 0 Å². The minimum absolute atomic E-state index is 0.152. The zero-order chi connectivity index (χ0) is 14.3.